The van der Waals surface area contributed by atoms with Crippen molar-refractivity contribution >= 4 is 23.7 Å². The summed E-state index contributed by atoms with van der Waals surface area (Å²) in [5, 5.41) is 9.13. The standard InChI is InChI=1S/C19H22N2O4/c1-4-18(22)24-11-12-25-19(23)16(14-20)13-15-7-9-17(10-8-15)21(5-2)6-3/h4,7-10,13H,1,5-6,11-12H2,2-3H3/b16-13+. The van der Waals surface area contributed by atoms with Crippen LogP contribution >= 0.6 is 0 Å². The van der Waals surface area contributed by atoms with Crippen molar-refractivity contribution in [3.05, 3.63) is 48.1 Å². The maximum absolute atomic E-state index is 11.9. The van der Waals surface area contributed by atoms with Gasteiger partial charge in [0, 0.05) is 24.9 Å². The molecule has 1 rings (SSSR count). The molecule has 6 heteroatoms. The summed E-state index contributed by atoms with van der Waals surface area (Å²) in [5.41, 5.74) is 1.68. The van der Waals surface area contributed by atoms with Crippen LogP contribution < -0.4 is 4.90 Å². The topological polar surface area (TPSA) is 79.6 Å². The van der Waals surface area contributed by atoms with Crippen LogP contribution in [0, 0.1) is 11.3 Å². The molecule has 0 amide bonds. The van der Waals surface area contributed by atoms with Crippen molar-refractivity contribution < 1.29 is 19.1 Å². The molecular weight excluding hydrogens is 320 g/mol. The molecule has 0 spiro atoms. The number of ether oxygens (including phenoxy) is 2. The van der Waals surface area contributed by atoms with Crippen LogP contribution in [0.5, 0.6) is 0 Å². The van der Waals surface area contributed by atoms with E-state index < -0.39 is 11.9 Å². The Labute approximate surface area is 147 Å². The third-order valence-electron chi connectivity index (χ3n) is 3.40. The highest BCUT2D eigenvalue weighted by Crippen LogP contribution is 2.17. The second-order valence-corrected chi connectivity index (χ2v) is 4.94. The van der Waals surface area contributed by atoms with Gasteiger partial charge in [-0.3, -0.25) is 0 Å². The molecule has 1 aromatic rings. The molecule has 0 unspecified atom stereocenters. The summed E-state index contributed by atoms with van der Waals surface area (Å²) in [6, 6.07) is 9.37. The summed E-state index contributed by atoms with van der Waals surface area (Å²) in [6.07, 6.45) is 2.48. The van der Waals surface area contributed by atoms with Crippen LogP contribution in [0.25, 0.3) is 6.08 Å². The van der Waals surface area contributed by atoms with Crippen molar-refractivity contribution in [2.75, 3.05) is 31.2 Å². The van der Waals surface area contributed by atoms with Crippen molar-refractivity contribution in [2.45, 2.75) is 13.8 Å². The first-order valence-corrected chi connectivity index (χ1v) is 7.98. The summed E-state index contributed by atoms with van der Waals surface area (Å²) in [4.78, 5) is 24.9. The van der Waals surface area contributed by atoms with Crippen LogP contribution in [0.4, 0.5) is 5.69 Å². The third kappa shape index (κ3) is 6.51. The lowest BCUT2D eigenvalue weighted by molar-refractivity contribution is -0.146. The molecule has 0 radical (unpaired) electrons. The molecular formula is C19H22N2O4. The number of carbonyl (C=O) groups is 2. The summed E-state index contributed by atoms with van der Waals surface area (Å²) >= 11 is 0. The molecule has 0 N–H and O–H groups in total. The van der Waals surface area contributed by atoms with Gasteiger partial charge >= 0.3 is 11.9 Å². The Balaban J connectivity index is 2.69. The van der Waals surface area contributed by atoms with E-state index in [1.54, 1.807) is 0 Å². The van der Waals surface area contributed by atoms with Crippen LogP contribution in [-0.2, 0) is 19.1 Å². The second-order valence-electron chi connectivity index (χ2n) is 4.94. The molecule has 0 atom stereocenters. The van der Waals surface area contributed by atoms with Gasteiger partial charge in [0.05, 0.1) is 0 Å². The predicted molar refractivity (Wildman–Crippen MR) is 95.7 cm³/mol. The Morgan fingerprint density at radius 2 is 1.76 bits per heavy atom. The highest BCUT2D eigenvalue weighted by molar-refractivity contribution is 5.97. The Morgan fingerprint density at radius 3 is 2.28 bits per heavy atom. The molecule has 0 aliphatic carbocycles. The summed E-state index contributed by atoms with van der Waals surface area (Å²) in [6.45, 7) is 8.99. The molecule has 0 aliphatic rings. The first-order valence-electron chi connectivity index (χ1n) is 7.98. The highest BCUT2D eigenvalue weighted by atomic mass is 16.6. The number of hydrogen-bond acceptors (Lipinski definition) is 6. The van der Waals surface area contributed by atoms with E-state index in [0.717, 1.165) is 30.4 Å². The van der Waals surface area contributed by atoms with E-state index in [1.165, 1.54) is 6.08 Å². The number of rotatable bonds is 9. The SMILES string of the molecule is C=CC(=O)OCCOC(=O)/C(C#N)=C/c1ccc(N(CC)CC)cc1. The van der Waals surface area contributed by atoms with Gasteiger partial charge in [-0.25, -0.2) is 9.59 Å². The third-order valence-corrected chi connectivity index (χ3v) is 3.40. The van der Waals surface area contributed by atoms with Crippen LogP contribution in [0.1, 0.15) is 19.4 Å². The van der Waals surface area contributed by atoms with Gasteiger partial charge in [0.2, 0.25) is 0 Å². The average molecular weight is 342 g/mol. The molecule has 25 heavy (non-hydrogen) atoms. The first kappa shape index (κ1) is 20.0. The van der Waals surface area contributed by atoms with E-state index >= 15 is 0 Å². The van der Waals surface area contributed by atoms with Crippen LogP contribution in [0.2, 0.25) is 0 Å². The van der Waals surface area contributed by atoms with Gasteiger partial charge in [0.1, 0.15) is 24.9 Å². The zero-order valence-corrected chi connectivity index (χ0v) is 14.5. The minimum atomic E-state index is -0.759. The number of carbonyl (C=O) groups excluding carboxylic acids is 2. The Kier molecular flexibility index (Phi) is 8.52. The van der Waals surface area contributed by atoms with E-state index in [0.29, 0.717) is 0 Å². The van der Waals surface area contributed by atoms with Crippen LogP contribution in [-0.4, -0.2) is 38.2 Å². The molecule has 1 aromatic carbocycles. The number of anilines is 1. The number of nitrogens with zero attached hydrogens (tertiary/aromatic N) is 2. The van der Waals surface area contributed by atoms with E-state index in [-0.39, 0.29) is 18.8 Å². The fourth-order valence-electron chi connectivity index (χ4n) is 2.09. The molecule has 0 aliphatic heterocycles. The first-order chi connectivity index (χ1) is 12.0. The van der Waals surface area contributed by atoms with E-state index in [1.807, 2.05) is 30.3 Å². The molecule has 0 aromatic heterocycles. The van der Waals surface area contributed by atoms with Gasteiger partial charge in [0.15, 0.2) is 0 Å². The van der Waals surface area contributed by atoms with Gasteiger partial charge in [-0.1, -0.05) is 18.7 Å². The Bertz CT molecular complexity index is 668. The largest absolute Gasteiger partial charge is 0.459 e. The lowest BCUT2D eigenvalue weighted by atomic mass is 10.1. The molecule has 132 valence electrons. The zero-order valence-electron chi connectivity index (χ0n) is 14.5. The predicted octanol–water partition coefficient (Wildman–Crippen LogP) is 2.71. The minimum Gasteiger partial charge on any atom is -0.459 e. The number of hydrogen-bond donors (Lipinski definition) is 0. The van der Waals surface area contributed by atoms with Crippen molar-refractivity contribution in [1.82, 2.24) is 0 Å². The Hall–Kier alpha value is -3.07. The molecule has 0 saturated carbocycles. The van der Waals surface area contributed by atoms with Crippen LogP contribution in [0.3, 0.4) is 0 Å². The molecule has 0 fully saturated rings. The van der Waals surface area contributed by atoms with E-state index in [4.69, 9.17) is 10.00 Å². The zero-order chi connectivity index (χ0) is 18.7. The monoisotopic (exact) mass is 342 g/mol. The van der Waals surface area contributed by atoms with Gasteiger partial charge in [-0.2, -0.15) is 5.26 Å². The second kappa shape index (κ2) is 10.7. The lowest BCUT2D eigenvalue weighted by Crippen LogP contribution is -2.21. The molecule has 0 bridgehead atoms. The smallest absolute Gasteiger partial charge is 0.349 e. The van der Waals surface area contributed by atoms with Gasteiger partial charge in [0.25, 0.3) is 0 Å². The van der Waals surface area contributed by atoms with Crippen molar-refractivity contribution in [2.24, 2.45) is 0 Å². The normalized spacial score (nSPS) is 10.5. The number of nitriles is 1. The van der Waals surface area contributed by atoms with Crippen molar-refractivity contribution in [3.63, 3.8) is 0 Å². The van der Waals surface area contributed by atoms with Crippen molar-refractivity contribution in [1.29, 1.82) is 5.26 Å². The van der Waals surface area contributed by atoms with Gasteiger partial charge < -0.3 is 14.4 Å². The van der Waals surface area contributed by atoms with Crippen LogP contribution in [0.15, 0.2) is 42.5 Å². The summed E-state index contributed by atoms with van der Waals surface area (Å²) < 4.78 is 9.60. The maximum Gasteiger partial charge on any atom is 0.349 e. The average Bonchev–Trinajstić information content (AvgIpc) is 2.64. The number of esters is 2. The quantitative estimate of drug-likeness (QED) is 0.297. The highest BCUT2D eigenvalue weighted by Gasteiger charge is 2.11. The van der Waals surface area contributed by atoms with Gasteiger partial charge in [-0.05, 0) is 37.6 Å². The van der Waals surface area contributed by atoms with Crippen molar-refractivity contribution in [3.8, 4) is 6.07 Å². The number of benzene rings is 1. The fraction of sp³-hybridized carbons (Fsp3) is 0.316. The van der Waals surface area contributed by atoms with E-state index in [9.17, 15) is 9.59 Å². The fourth-order valence-corrected chi connectivity index (χ4v) is 2.09. The molecule has 0 saturated heterocycles. The molecule has 0 heterocycles. The Morgan fingerprint density at radius 1 is 1.16 bits per heavy atom. The minimum absolute atomic E-state index is 0.0894. The molecule has 6 nitrogen and oxygen atoms in total. The lowest BCUT2D eigenvalue weighted by Gasteiger charge is -2.20. The summed E-state index contributed by atoms with van der Waals surface area (Å²) in [5.74, 6) is -1.36. The maximum atomic E-state index is 11.9. The van der Waals surface area contributed by atoms with E-state index in [2.05, 4.69) is 30.1 Å². The summed E-state index contributed by atoms with van der Waals surface area (Å²) in [7, 11) is 0. The van der Waals surface area contributed by atoms with Gasteiger partial charge in [-0.15, -0.1) is 0 Å².